The van der Waals surface area contributed by atoms with Crippen molar-refractivity contribution in [1.29, 1.82) is 0 Å². The fourth-order valence-electron chi connectivity index (χ4n) is 0.0539. The van der Waals surface area contributed by atoms with Gasteiger partial charge in [0.2, 0.25) is 0 Å². The van der Waals surface area contributed by atoms with Crippen molar-refractivity contribution >= 4 is 11.1 Å². The van der Waals surface area contributed by atoms with E-state index in [-0.39, 0.29) is 0 Å². The average Bonchev–Trinajstić information content (AvgIpc) is 1.65. The minimum Gasteiger partial charge on any atom is -0.313 e. The van der Waals surface area contributed by atoms with Crippen LogP contribution >= 0.6 is 0 Å². The van der Waals surface area contributed by atoms with E-state index < -0.39 is 23.1 Å². The van der Waals surface area contributed by atoms with Gasteiger partial charge in [0.15, 0.2) is 11.1 Å². The van der Waals surface area contributed by atoms with Gasteiger partial charge in [0, 0.05) is 0 Å². The first-order valence-electron chi connectivity index (χ1n) is 1.59. The maximum absolute atomic E-state index is 11.2. The first kappa shape index (κ1) is 7.00. The van der Waals surface area contributed by atoms with Crippen molar-refractivity contribution < 1.29 is 13.2 Å². The lowest BCUT2D eigenvalue weighted by Gasteiger charge is -1.95. The zero-order valence-electron chi connectivity index (χ0n) is 3.50. The molecule has 0 aliphatic heterocycles. The predicted molar refractivity (Wildman–Crippen MR) is 24.7 cm³/mol. The molecule has 0 aliphatic rings. The maximum Gasteiger partial charge on any atom is 0.173 e. The summed E-state index contributed by atoms with van der Waals surface area (Å²) in [6, 6.07) is 0. The van der Waals surface area contributed by atoms with Crippen molar-refractivity contribution in [2.24, 2.45) is 5.73 Å². The van der Waals surface area contributed by atoms with Gasteiger partial charge in [-0.3, -0.25) is 0 Å². The summed E-state index contributed by atoms with van der Waals surface area (Å²) in [5.74, 6) is 0. The van der Waals surface area contributed by atoms with Crippen LogP contribution in [-0.2, 0) is 11.1 Å². The average molecular weight is 127 g/mol. The lowest BCUT2D eigenvalue weighted by molar-refractivity contribution is 0.460. The molecular weight excluding hydrogens is 121 g/mol. The van der Waals surface area contributed by atoms with E-state index in [4.69, 9.17) is 10.3 Å². The lowest BCUT2D eigenvalue weighted by Crippen LogP contribution is -2.26. The van der Waals surface area contributed by atoms with Crippen LogP contribution in [0.25, 0.3) is 0 Å². The molecule has 0 amide bonds. The molecule has 0 bridgehead atoms. The summed E-state index contributed by atoms with van der Waals surface area (Å²) < 4.78 is 28.8. The monoisotopic (exact) mass is 127 g/mol. The first-order chi connectivity index (χ1) is 3.18. The molecule has 2 atom stereocenters. The molecule has 2 unspecified atom stereocenters. The van der Waals surface area contributed by atoms with Crippen LogP contribution in [0.15, 0.2) is 0 Å². The van der Waals surface area contributed by atoms with Gasteiger partial charge in [0.1, 0.15) is 12.0 Å². The fraction of sp³-hybridized carbons (Fsp3) is 1.00. The Morgan fingerprint density at radius 2 is 2.43 bits per heavy atom. The largest absolute Gasteiger partial charge is 0.313 e. The van der Waals surface area contributed by atoms with Crippen LogP contribution in [0.2, 0.25) is 0 Å². The van der Waals surface area contributed by atoms with E-state index in [0.29, 0.717) is 0 Å². The van der Waals surface area contributed by atoms with Crippen molar-refractivity contribution in [3.05, 3.63) is 0 Å². The van der Waals surface area contributed by atoms with E-state index >= 15 is 0 Å². The number of alkyl halides is 1. The standard InChI is InChI=1S/C2H6FNO2S/c3-1-2(4)7(5)6/h2H,1,4H2,(H,5,6). The van der Waals surface area contributed by atoms with Gasteiger partial charge < -0.3 is 10.3 Å². The quantitative estimate of drug-likeness (QED) is 0.490. The summed E-state index contributed by atoms with van der Waals surface area (Å²) in [4.78, 5) is 0. The van der Waals surface area contributed by atoms with E-state index in [9.17, 15) is 8.60 Å². The second-order valence-electron chi connectivity index (χ2n) is 0.969. The van der Waals surface area contributed by atoms with Crippen molar-refractivity contribution in [3.63, 3.8) is 0 Å². The predicted octanol–water partition coefficient (Wildman–Crippen LogP) is -0.538. The molecule has 0 aromatic carbocycles. The molecule has 0 aromatic rings. The highest BCUT2D eigenvalue weighted by Gasteiger charge is 2.05. The highest BCUT2D eigenvalue weighted by atomic mass is 32.2. The summed E-state index contributed by atoms with van der Waals surface area (Å²) in [6.07, 6.45) is 0. The van der Waals surface area contributed by atoms with Crippen molar-refractivity contribution in [2.45, 2.75) is 5.37 Å². The van der Waals surface area contributed by atoms with Crippen LogP contribution in [0.3, 0.4) is 0 Å². The van der Waals surface area contributed by atoms with Crippen molar-refractivity contribution in [1.82, 2.24) is 0 Å². The van der Waals surface area contributed by atoms with Gasteiger partial charge >= 0.3 is 0 Å². The Morgan fingerprint density at radius 3 is 2.43 bits per heavy atom. The van der Waals surface area contributed by atoms with Gasteiger partial charge in [-0.1, -0.05) is 0 Å². The van der Waals surface area contributed by atoms with E-state index in [2.05, 4.69) is 0 Å². The number of hydrogen-bond donors (Lipinski definition) is 2. The summed E-state index contributed by atoms with van der Waals surface area (Å²) in [5.41, 5.74) is 4.69. The van der Waals surface area contributed by atoms with Crippen LogP contribution in [0.5, 0.6) is 0 Å². The first-order valence-corrected chi connectivity index (χ1v) is 2.76. The molecule has 0 radical (unpaired) electrons. The summed E-state index contributed by atoms with van der Waals surface area (Å²) in [5, 5.41) is -1.24. The minimum absolute atomic E-state index is 0.955. The van der Waals surface area contributed by atoms with E-state index in [1.54, 1.807) is 0 Å². The third-order valence-electron chi connectivity index (χ3n) is 0.411. The molecule has 0 saturated carbocycles. The zero-order valence-corrected chi connectivity index (χ0v) is 4.32. The Hall–Kier alpha value is -0.0000000000000000486. The van der Waals surface area contributed by atoms with Crippen LogP contribution in [0, 0.1) is 0 Å². The summed E-state index contributed by atoms with van der Waals surface area (Å²) in [7, 11) is 0. The lowest BCUT2D eigenvalue weighted by atomic mass is 10.8. The van der Waals surface area contributed by atoms with Crippen LogP contribution < -0.4 is 5.73 Å². The molecule has 0 heterocycles. The maximum atomic E-state index is 11.2. The summed E-state index contributed by atoms with van der Waals surface area (Å²) >= 11 is -2.21. The molecule has 0 fully saturated rings. The van der Waals surface area contributed by atoms with Gasteiger partial charge in [-0.05, 0) is 0 Å². The molecule has 5 heteroatoms. The molecule has 3 N–H and O–H groups in total. The molecule has 0 aromatic heterocycles. The SMILES string of the molecule is NC(CF)S(=O)O. The molecule has 3 nitrogen and oxygen atoms in total. The highest BCUT2D eigenvalue weighted by molar-refractivity contribution is 7.79. The minimum atomic E-state index is -2.21. The van der Waals surface area contributed by atoms with Gasteiger partial charge in [-0.2, -0.15) is 0 Å². The third-order valence-corrected chi connectivity index (χ3v) is 1.06. The summed E-state index contributed by atoms with van der Waals surface area (Å²) in [6.45, 7) is -0.955. The number of rotatable bonds is 2. The molecule has 0 spiro atoms. The van der Waals surface area contributed by atoms with Gasteiger partial charge in [-0.25, -0.2) is 8.60 Å². The van der Waals surface area contributed by atoms with Gasteiger partial charge in [0.05, 0.1) is 0 Å². The molecule has 0 rings (SSSR count). The second-order valence-corrected chi connectivity index (χ2v) is 2.13. The highest BCUT2D eigenvalue weighted by Crippen LogP contribution is 1.82. The van der Waals surface area contributed by atoms with E-state index in [1.807, 2.05) is 0 Å². The number of nitrogens with two attached hydrogens (primary N) is 1. The number of halogens is 1. The second kappa shape index (κ2) is 3.06. The van der Waals surface area contributed by atoms with E-state index in [0.717, 1.165) is 0 Å². The van der Waals surface area contributed by atoms with Gasteiger partial charge in [-0.15, -0.1) is 0 Å². The molecule has 0 aliphatic carbocycles. The van der Waals surface area contributed by atoms with E-state index in [1.165, 1.54) is 0 Å². The fourth-order valence-corrected chi connectivity index (χ4v) is 0.162. The Bertz CT molecular complexity index is 78.1. The molecular formula is C2H6FNO2S. The third kappa shape index (κ3) is 2.67. The Kier molecular flexibility index (Phi) is 3.06. The topological polar surface area (TPSA) is 63.3 Å². The van der Waals surface area contributed by atoms with Crippen LogP contribution in [-0.4, -0.2) is 20.8 Å². The van der Waals surface area contributed by atoms with Gasteiger partial charge in [0.25, 0.3) is 0 Å². The van der Waals surface area contributed by atoms with Crippen LogP contribution in [0.4, 0.5) is 4.39 Å². The zero-order chi connectivity index (χ0) is 5.86. The Labute approximate surface area is 43.0 Å². The smallest absolute Gasteiger partial charge is 0.173 e. The normalized spacial score (nSPS) is 18.7. The Morgan fingerprint density at radius 1 is 2.00 bits per heavy atom. The molecule has 44 valence electrons. The molecule has 0 saturated heterocycles. The Balaban J connectivity index is 3.34. The number of hydrogen-bond acceptors (Lipinski definition) is 2. The van der Waals surface area contributed by atoms with Crippen molar-refractivity contribution in [2.75, 3.05) is 6.67 Å². The van der Waals surface area contributed by atoms with Crippen LogP contribution in [0.1, 0.15) is 0 Å². The molecule has 7 heavy (non-hydrogen) atoms. The van der Waals surface area contributed by atoms with Crippen molar-refractivity contribution in [3.8, 4) is 0 Å².